The predicted octanol–water partition coefficient (Wildman–Crippen LogP) is 2.32. The Hall–Kier alpha value is -1.20. The molecule has 8 nitrogen and oxygen atoms in total. The van der Waals surface area contributed by atoms with Gasteiger partial charge in [0.05, 0.1) is 18.8 Å². The molecule has 11 heteroatoms. The number of sulfonamides is 1. The van der Waals surface area contributed by atoms with E-state index in [4.69, 9.17) is 9.47 Å². The number of methoxy groups -OCH3 is 1. The lowest BCUT2D eigenvalue weighted by Gasteiger charge is -2.27. The number of carbonyl (C=O) groups is 2. The predicted molar refractivity (Wildman–Crippen MR) is 116 cm³/mol. The van der Waals surface area contributed by atoms with Gasteiger partial charge in [-0.05, 0) is 85.2 Å². The zero-order valence-electron chi connectivity index (χ0n) is 16.8. The van der Waals surface area contributed by atoms with Gasteiger partial charge < -0.3 is 14.8 Å². The molecule has 2 saturated heterocycles. The summed E-state index contributed by atoms with van der Waals surface area (Å²) in [7, 11) is -2.98. The highest BCUT2D eigenvalue weighted by atomic mass is 79.9. The highest BCUT2D eigenvalue weighted by Gasteiger charge is 2.37. The first-order chi connectivity index (χ1) is 13.7. The first-order valence-electron chi connectivity index (χ1n) is 9.54. The summed E-state index contributed by atoms with van der Waals surface area (Å²) >= 11 is 3.20. The van der Waals surface area contributed by atoms with Crippen LogP contribution in [0.3, 0.4) is 0 Å². The van der Waals surface area contributed by atoms with E-state index in [2.05, 4.69) is 26.0 Å². The zero-order chi connectivity index (χ0) is 21.2. The Kier molecular flexibility index (Phi) is 8.70. The quantitative estimate of drug-likeness (QED) is 0.568. The molecule has 0 bridgehead atoms. The highest BCUT2D eigenvalue weighted by Crippen LogP contribution is 2.31. The summed E-state index contributed by atoms with van der Waals surface area (Å²) in [5.41, 5.74) is 0.671. The number of hydrogen-bond acceptors (Lipinski definition) is 7. The van der Waals surface area contributed by atoms with Gasteiger partial charge in [0.2, 0.25) is 0 Å². The fraction of sp³-hybridized carbons (Fsp3) is 0.579. The van der Waals surface area contributed by atoms with Crippen LogP contribution in [0.2, 0.25) is 0 Å². The van der Waals surface area contributed by atoms with Crippen LogP contribution in [0.15, 0.2) is 21.5 Å². The lowest BCUT2D eigenvalue weighted by Crippen LogP contribution is -2.40. The van der Waals surface area contributed by atoms with Crippen LogP contribution in [0.25, 0.3) is 0 Å². The Morgan fingerprint density at radius 1 is 1.20 bits per heavy atom. The molecule has 168 valence electrons. The second kappa shape index (κ2) is 10.4. The number of piperidine rings is 1. The SMILES string of the molecule is COC(=O)c1cc(S(=O)(=O)NC(=O)C2CCC(C3CCNCC3)O2)c(Br)cc1C.Cl. The summed E-state index contributed by atoms with van der Waals surface area (Å²) in [6.45, 7) is 3.53. The number of aryl methyl sites for hydroxylation is 1. The zero-order valence-corrected chi connectivity index (χ0v) is 20.0. The highest BCUT2D eigenvalue weighted by molar-refractivity contribution is 9.10. The summed E-state index contributed by atoms with van der Waals surface area (Å²) in [6, 6.07) is 2.71. The van der Waals surface area contributed by atoms with Crippen molar-refractivity contribution < 1.29 is 27.5 Å². The number of benzene rings is 1. The molecule has 3 rings (SSSR count). The molecule has 2 unspecified atom stereocenters. The van der Waals surface area contributed by atoms with Gasteiger partial charge in [-0.25, -0.2) is 17.9 Å². The van der Waals surface area contributed by atoms with Crippen LogP contribution in [-0.4, -0.2) is 52.7 Å². The van der Waals surface area contributed by atoms with Gasteiger partial charge in [0.15, 0.2) is 0 Å². The third kappa shape index (κ3) is 5.53. The lowest BCUT2D eigenvalue weighted by molar-refractivity contribution is -0.131. The molecular weight excluding hydrogens is 500 g/mol. The summed E-state index contributed by atoms with van der Waals surface area (Å²) in [5, 5.41) is 3.30. The molecule has 2 fully saturated rings. The van der Waals surface area contributed by atoms with Crippen LogP contribution in [0.4, 0.5) is 0 Å². The van der Waals surface area contributed by atoms with Gasteiger partial charge in [0.1, 0.15) is 11.0 Å². The van der Waals surface area contributed by atoms with Crippen LogP contribution >= 0.6 is 28.3 Å². The summed E-state index contributed by atoms with van der Waals surface area (Å²) in [5.74, 6) is -0.949. The maximum Gasteiger partial charge on any atom is 0.338 e. The van der Waals surface area contributed by atoms with E-state index < -0.39 is 28.0 Å². The van der Waals surface area contributed by atoms with Crippen molar-refractivity contribution in [2.45, 2.75) is 49.7 Å². The monoisotopic (exact) mass is 524 g/mol. The molecule has 0 spiro atoms. The number of amides is 1. The summed E-state index contributed by atoms with van der Waals surface area (Å²) in [6.07, 6.45) is 2.39. The molecule has 30 heavy (non-hydrogen) atoms. The average Bonchev–Trinajstić information content (AvgIpc) is 3.18. The topological polar surface area (TPSA) is 111 Å². The van der Waals surface area contributed by atoms with Crippen molar-refractivity contribution in [2.24, 2.45) is 5.92 Å². The third-order valence-electron chi connectivity index (χ3n) is 5.46. The molecule has 1 aromatic rings. The fourth-order valence-corrected chi connectivity index (χ4v) is 6.05. The first-order valence-corrected chi connectivity index (χ1v) is 11.8. The van der Waals surface area contributed by atoms with Crippen molar-refractivity contribution >= 4 is 50.2 Å². The van der Waals surface area contributed by atoms with Crippen LogP contribution in [0, 0.1) is 12.8 Å². The molecule has 0 aliphatic carbocycles. The number of ether oxygens (including phenoxy) is 2. The van der Waals surface area contributed by atoms with Crippen molar-refractivity contribution in [3.8, 4) is 0 Å². The third-order valence-corrected chi connectivity index (χ3v) is 7.77. The Morgan fingerprint density at radius 2 is 1.87 bits per heavy atom. The largest absolute Gasteiger partial charge is 0.465 e. The second-order valence-electron chi connectivity index (χ2n) is 7.39. The molecule has 2 N–H and O–H groups in total. The van der Waals surface area contributed by atoms with Crippen LogP contribution < -0.4 is 10.0 Å². The van der Waals surface area contributed by atoms with Gasteiger partial charge >= 0.3 is 5.97 Å². The number of esters is 1. The van der Waals surface area contributed by atoms with Gasteiger partial charge in [-0.1, -0.05) is 0 Å². The maximum atomic E-state index is 12.8. The maximum absolute atomic E-state index is 12.8. The Bertz CT molecular complexity index is 905. The molecule has 1 amide bonds. The van der Waals surface area contributed by atoms with Crippen molar-refractivity contribution in [1.29, 1.82) is 0 Å². The number of rotatable bonds is 5. The normalized spacial score (nSPS) is 22.2. The first kappa shape index (κ1) is 25.1. The number of hydrogen-bond donors (Lipinski definition) is 2. The van der Waals surface area contributed by atoms with Crippen molar-refractivity contribution in [3.63, 3.8) is 0 Å². The van der Waals surface area contributed by atoms with Crippen molar-refractivity contribution in [2.75, 3.05) is 20.2 Å². The molecular formula is C19H26BrClN2O6S. The minimum Gasteiger partial charge on any atom is -0.465 e. The van der Waals surface area contributed by atoms with E-state index >= 15 is 0 Å². The summed E-state index contributed by atoms with van der Waals surface area (Å²) < 4.78 is 38.5. The van der Waals surface area contributed by atoms with Crippen LogP contribution in [0.5, 0.6) is 0 Å². The van der Waals surface area contributed by atoms with Gasteiger partial charge in [-0.15, -0.1) is 12.4 Å². The molecule has 2 heterocycles. The van der Waals surface area contributed by atoms with E-state index in [0.29, 0.717) is 17.9 Å². The number of carbonyl (C=O) groups excluding carboxylic acids is 2. The lowest BCUT2D eigenvalue weighted by atomic mass is 9.91. The second-order valence-corrected chi connectivity index (χ2v) is 9.89. The van der Waals surface area contributed by atoms with E-state index in [1.165, 1.54) is 19.2 Å². The molecule has 0 aromatic heterocycles. The van der Waals surface area contributed by atoms with E-state index in [-0.39, 0.29) is 33.4 Å². The number of nitrogens with one attached hydrogen (secondary N) is 2. The van der Waals surface area contributed by atoms with Gasteiger partial charge in [-0.2, -0.15) is 0 Å². The standard InChI is InChI=1S/C19H25BrN2O6S.ClH/c1-11-9-14(20)17(10-13(11)19(24)27-2)29(25,26)22-18(23)16-4-3-15(28-16)12-5-7-21-8-6-12;/h9-10,12,15-16,21H,3-8H2,1-2H3,(H,22,23);1H. The summed E-state index contributed by atoms with van der Waals surface area (Å²) in [4.78, 5) is 24.3. The minimum atomic E-state index is -4.20. The Balaban J connectivity index is 0.00000320. The molecule has 2 aliphatic heterocycles. The van der Waals surface area contributed by atoms with E-state index in [0.717, 1.165) is 32.4 Å². The van der Waals surface area contributed by atoms with Gasteiger partial charge in [0, 0.05) is 4.47 Å². The van der Waals surface area contributed by atoms with Crippen LogP contribution in [0.1, 0.15) is 41.6 Å². The van der Waals surface area contributed by atoms with Crippen molar-refractivity contribution in [3.05, 3.63) is 27.7 Å². The van der Waals surface area contributed by atoms with Gasteiger partial charge in [0.25, 0.3) is 15.9 Å². The minimum absolute atomic E-state index is 0. The van der Waals surface area contributed by atoms with Crippen molar-refractivity contribution in [1.82, 2.24) is 10.0 Å². The molecule has 1 aromatic carbocycles. The van der Waals surface area contributed by atoms with Crippen LogP contribution in [-0.2, 0) is 24.3 Å². The fourth-order valence-electron chi connectivity index (χ4n) is 3.86. The Labute approximate surface area is 191 Å². The molecule has 0 saturated carbocycles. The van der Waals surface area contributed by atoms with E-state index in [1.54, 1.807) is 6.92 Å². The molecule has 2 aliphatic rings. The van der Waals surface area contributed by atoms with Gasteiger partial charge in [-0.3, -0.25) is 4.79 Å². The molecule has 2 atom stereocenters. The van der Waals surface area contributed by atoms with E-state index in [9.17, 15) is 18.0 Å². The molecule has 0 radical (unpaired) electrons. The smallest absolute Gasteiger partial charge is 0.338 e. The Morgan fingerprint density at radius 3 is 2.50 bits per heavy atom. The number of halogens is 2. The van der Waals surface area contributed by atoms with E-state index in [1.807, 2.05) is 0 Å². The average molecular weight is 526 g/mol.